The van der Waals surface area contributed by atoms with Crippen LogP contribution in [0.5, 0.6) is 0 Å². The number of rotatable bonds is 3. The summed E-state index contributed by atoms with van der Waals surface area (Å²) in [4.78, 5) is 29.2. The van der Waals surface area contributed by atoms with Crippen LogP contribution in [0.1, 0.15) is 47.0 Å². The summed E-state index contributed by atoms with van der Waals surface area (Å²) in [5.74, 6) is 1.29. The Labute approximate surface area is 174 Å². The van der Waals surface area contributed by atoms with Gasteiger partial charge in [0.1, 0.15) is 0 Å². The molecule has 1 aliphatic carbocycles. The summed E-state index contributed by atoms with van der Waals surface area (Å²) < 4.78 is 5.57. The smallest absolute Gasteiger partial charge is 0.410 e. The van der Waals surface area contributed by atoms with Crippen molar-refractivity contribution in [2.75, 3.05) is 32.7 Å². The third-order valence-electron chi connectivity index (χ3n) is 7.30. The normalized spacial score (nSPS) is 36.1. The first-order valence-corrected chi connectivity index (χ1v) is 11.3. The van der Waals surface area contributed by atoms with E-state index >= 15 is 0 Å². The van der Waals surface area contributed by atoms with Crippen LogP contribution in [-0.4, -0.2) is 89.8 Å². The fourth-order valence-electron chi connectivity index (χ4n) is 5.81. The van der Waals surface area contributed by atoms with Gasteiger partial charge in [-0.05, 0) is 51.9 Å². The van der Waals surface area contributed by atoms with Gasteiger partial charge in [-0.25, -0.2) is 9.80 Å². The van der Waals surface area contributed by atoms with Gasteiger partial charge in [0.05, 0.1) is 18.2 Å². The van der Waals surface area contributed by atoms with Crippen molar-refractivity contribution in [3.05, 3.63) is 0 Å². The molecule has 0 aromatic carbocycles. The van der Waals surface area contributed by atoms with Crippen LogP contribution in [0, 0.1) is 11.8 Å². The minimum atomic E-state index is -0.225. The molecule has 8 heteroatoms. The molecule has 0 radical (unpaired) electrons. The number of nitrogens with zero attached hydrogens (tertiary/aromatic N) is 3. The van der Waals surface area contributed by atoms with Crippen LogP contribution in [0.15, 0.2) is 0 Å². The molecule has 3 heterocycles. The SMILES string of the molecule is CC(=O)N1C2CCC(C3CNN(C4CNC4)C3)CC2N(C(=O)OC(C)C)C[C@@H]1C. The standard InChI is InChI=1S/C21H37N5O3/c1-13(2)29-21(28)24-11-14(3)26(15(4)27)19-6-5-16(7-20(19)24)17-8-23-25(12-17)18-9-22-10-18/h13-14,16-20,22-23H,5-12H2,1-4H3/t14-,16?,17?,19?,20?/m0/s1. The first kappa shape index (κ1) is 20.9. The predicted molar refractivity (Wildman–Crippen MR) is 110 cm³/mol. The minimum absolute atomic E-state index is 0.0276. The molecule has 2 N–H and O–H groups in total. The van der Waals surface area contributed by atoms with E-state index in [-0.39, 0.29) is 36.2 Å². The number of piperazine rings is 1. The monoisotopic (exact) mass is 407 g/mol. The Balaban J connectivity index is 1.48. The number of amides is 2. The molecule has 0 aromatic rings. The van der Waals surface area contributed by atoms with Gasteiger partial charge < -0.3 is 19.9 Å². The Morgan fingerprint density at radius 2 is 1.79 bits per heavy atom. The fourth-order valence-corrected chi connectivity index (χ4v) is 5.81. The molecule has 164 valence electrons. The zero-order valence-corrected chi connectivity index (χ0v) is 18.3. The van der Waals surface area contributed by atoms with Crippen LogP contribution in [0.2, 0.25) is 0 Å². The Morgan fingerprint density at radius 1 is 1.03 bits per heavy atom. The molecule has 0 spiro atoms. The van der Waals surface area contributed by atoms with E-state index in [0.717, 1.165) is 45.4 Å². The van der Waals surface area contributed by atoms with Gasteiger partial charge in [-0.3, -0.25) is 10.2 Å². The van der Waals surface area contributed by atoms with Crippen LogP contribution in [0.25, 0.3) is 0 Å². The lowest BCUT2D eigenvalue weighted by molar-refractivity contribution is -0.142. The summed E-state index contributed by atoms with van der Waals surface area (Å²) >= 11 is 0. The van der Waals surface area contributed by atoms with Gasteiger partial charge in [-0.2, -0.15) is 0 Å². The van der Waals surface area contributed by atoms with Gasteiger partial charge in [-0.15, -0.1) is 0 Å². The third-order valence-corrected chi connectivity index (χ3v) is 7.30. The van der Waals surface area contributed by atoms with Crippen molar-refractivity contribution in [3.8, 4) is 0 Å². The van der Waals surface area contributed by atoms with Crippen molar-refractivity contribution >= 4 is 12.0 Å². The first-order chi connectivity index (χ1) is 13.8. The number of hydrazine groups is 1. The van der Waals surface area contributed by atoms with E-state index in [1.807, 2.05) is 30.6 Å². The lowest BCUT2D eigenvalue weighted by Crippen LogP contribution is -2.67. The minimum Gasteiger partial charge on any atom is -0.447 e. The molecule has 3 saturated heterocycles. The molecule has 2 amide bonds. The van der Waals surface area contributed by atoms with Gasteiger partial charge in [0, 0.05) is 51.7 Å². The molecule has 0 bridgehead atoms. The van der Waals surface area contributed by atoms with Gasteiger partial charge in [0.25, 0.3) is 0 Å². The van der Waals surface area contributed by atoms with Crippen LogP contribution in [-0.2, 0) is 9.53 Å². The topological polar surface area (TPSA) is 77.2 Å². The molecule has 3 aliphatic heterocycles. The maximum absolute atomic E-state index is 12.9. The van der Waals surface area contributed by atoms with Gasteiger partial charge in [0.2, 0.25) is 5.91 Å². The number of nitrogens with one attached hydrogen (secondary N) is 2. The van der Waals surface area contributed by atoms with Crippen LogP contribution in [0.3, 0.4) is 0 Å². The predicted octanol–water partition coefficient (Wildman–Crippen LogP) is 1.03. The van der Waals surface area contributed by atoms with Crippen LogP contribution in [0.4, 0.5) is 4.79 Å². The number of hydrogen-bond acceptors (Lipinski definition) is 6. The number of fused-ring (bicyclic) bond motifs is 1. The second-order valence-electron chi connectivity index (χ2n) is 9.65. The molecule has 0 aromatic heterocycles. The molecule has 5 atom stereocenters. The Hall–Kier alpha value is -1.38. The summed E-state index contributed by atoms with van der Waals surface area (Å²) in [6.07, 6.45) is 2.68. The molecular weight excluding hydrogens is 370 g/mol. The molecule has 4 unspecified atom stereocenters. The van der Waals surface area contributed by atoms with Crippen molar-refractivity contribution in [1.29, 1.82) is 0 Å². The molecule has 8 nitrogen and oxygen atoms in total. The number of carbonyl (C=O) groups excluding carboxylic acids is 2. The Bertz CT molecular complexity index is 625. The zero-order chi connectivity index (χ0) is 20.7. The highest BCUT2D eigenvalue weighted by atomic mass is 16.6. The van der Waals surface area contributed by atoms with E-state index in [2.05, 4.69) is 15.8 Å². The highest BCUT2D eigenvalue weighted by Gasteiger charge is 2.48. The highest BCUT2D eigenvalue weighted by molar-refractivity contribution is 5.75. The molecule has 4 rings (SSSR count). The molecule has 29 heavy (non-hydrogen) atoms. The fraction of sp³-hybridized carbons (Fsp3) is 0.905. The Kier molecular flexibility index (Phi) is 6.04. The number of carbonyl (C=O) groups is 2. The molecule has 4 fully saturated rings. The average Bonchev–Trinajstić information content (AvgIpc) is 3.07. The largest absolute Gasteiger partial charge is 0.447 e. The maximum Gasteiger partial charge on any atom is 0.410 e. The lowest BCUT2D eigenvalue weighted by Gasteiger charge is -2.54. The van der Waals surface area contributed by atoms with E-state index < -0.39 is 0 Å². The zero-order valence-electron chi connectivity index (χ0n) is 18.3. The van der Waals surface area contributed by atoms with E-state index in [0.29, 0.717) is 24.4 Å². The quantitative estimate of drug-likeness (QED) is 0.728. The number of hydrogen-bond donors (Lipinski definition) is 2. The van der Waals surface area contributed by atoms with Gasteiger partial charge in [0.15, 0.2) is 0 Å². The summed E-state index contributed by atoms with van der Waals surface area (Å²) in [6, 6.07) is 0.797. The maximum atomic E-state index is 12.9. The van der Waals surface area contributed by atoms with E-state index in [1.54, 1.807) is 6.92 Å². The lowest BCUT2D eigenvalue weighted by atomic mass is 9.73. The highest BCUT2D eigenvalue weighted by Crippen LogP contribution is 2.40. The second-order valence-corrected chi connectivity index (χ2v) is 9.65. The van der Waals surface area contributed by atoms with E-state index in [9.17, 15) is 9.59 Å². The molecule has 1 saturated carbocycles. The van der Waals surface area contributed by atoms with Crippen LogP contribution >= 0.6 is 0 Å². The van der Waals surface area contributed by atoms with Crippen molar-refractivity contribution in [2.24, 2.45) is 11.8 Å². The molecular formula is C21H37N5O3. The van der Waals surface area contributed by atoms with Gasteiger partial charge >= 0.3 is 6.09 Å². The first-order valence-electron chi connectivity index (χ1n) is 11.3. The summed E-state index contributed by atoms with van der Waals surface area (Å²) in [6.45, 7) is 12.3. The summed E-state index contributed by atoms with van der Waals surface area (Å²) in [7, 11) is 0. The van der Waals surface area contributed by atoms with Crippen molar-refractivity contribution < 1.29 is 14.3 Å². The average molecular weight is 408 g/mol. The van der Waals surface area contributed by atoms with Crippen molar-refractivity contribution in [2.45, 2.75) is 77.2 Å². The van der Waals surface area contributed by atoms with Crippen LogP contribution < -0.4 is 10.7 Å². The summed E-state index contributed by atoms with van der Waals surface area (Å²) in [5.41, 5.74) is 3.60. The number of ether oxygens (including phenoxy) is 1. The summed E-state index contributed by atoms with van der Waals surface area (Å²) in [5, 5.41) is 5.75. The van der Waals surface area contributed by atoms with Crippen molar-refractivity contribution in [3.63, 3.8) is 0 Å². The second kappa shape index (κ2) is 8.40. The van der Waals surface area contributed by atoms with E-state index in [1.165, 1.54) is 0 Å². The third kappa shape index (κ3) is 4.11. The van der Waals surface area contributed by atoms with Gasteiger partial charge in [-0.1, -0.05) is 0 Å². The van der Waals surface area contributed by atoms with E-state index in [4.69, 9.17) is 4.74 Å². The van der Waals surface area contributed by atoms with Crippen molar-refractivity contribution in [1.82, 2.24) is 25.6 Å². The Morgan fingerprint density at radius 3 is 2.41 bits per heavy atom. The molecule has 4 aliphatic rings.